The molecule has 1 N–H and O–H groups in total. The molecule has 2 aromatic rings. The highest BCUT2D eigenvalue weighted by Crippen LogP contribution is 2.21. The smallest absolute Gasteiger partial charge is 0.315 e. The van der Waals surface area contributed by atoms with E-state index in [4.69, 9.17) is 13.9 Å². The van der Waals surface area contributed by atoms with Crippen molar-refractivity contribution < 1.29 is 18.7 Å². The van der Waals surface area contributed by atoms with Crippen LogP contribution in [-0.2, 0) is 4.79 Å². The predicted molar refractivity (Wildman–Crippen MR) is 48.1 cm³/mol. The molecule has 78 valence electrons. The Morgan fingerprint density at radius 3 is 2.93 bits per heavy atom. The molecule has 0 bridgehead atoms. The van der Waals surface area contributed by atoms with Gasteiger partial charge in [0.1, 0.15) is 5.92 Å². The molecule has 1 unspecified atom stereocenters. The third-order valence-electron chi connectivity index (χ3n) is 1.91. The van der Waals surface area contributed by atoms with Crippen LogP contribution in [0.4, 0.5) is 0 Å². The molecular weight excluding hydrogens is 200 g/mol. The largest absolute Gasteiger partial charge is 0.481 e. The van der Waals surface area contributed by atoms with Crippen molar-refractivity contribution in [1.29, 1.82) is 0 Å². The van der Waals surface area contributed by atoms with Gasteiger partial charge in [-0.25, -0.2) is 0 Å². The van der Waals surface area contributed by atoms with Crippen molar-refractivity contribution in [2.45, 2.75) is 12.8 Å². The van der Waals surface area contributed by atoms with E-state index >= 15 is 0 Å². The molecule has 0 fully saturated rings. The van der Waals surface area contributed by atoms with Crippen LogP contribution in [0.1, 0.15) is 18.7 Å². The molecule has 0 aromatic carbocycles. The summed E-state index contributed by atoms with van der Waals surface area (Å²) in [5, 5.41) is 16.0. The van der Waals surface area contributed by atoms with Crippen LogP contribution in [0.2, 0.25) is 0 Å². The van der Waals surface area contributed by atoms with E-state index in [0.29, 0.717) is 5.76 Å². The van der Waals surface area contributed by atoms with E-state index in [1.807, 2.05) is 0 Å². The summed E-state index contributed by atoms with van der Waals surface area (Å²) in [5.74, 6) is -1.16. The summed E-state index contributed by atoms with van der Waals surface area (Å²) in [4.78, 5) is 10.6. The molecule has 0 aliphatic rings. The summed E-state index contributed by atoms with van der Waals surface area (Å²) in [6.45, 7) is 1.47. The number of hydrogen-bond acceptors (Lipinski definition) is 5. The molecule has 0 saturated heterocycles. The van der Waals surface area contributed by atoms with Crippen molar-refractivity contribution in [3.63, 3.8) is 0 Å². The number of carboxylic acid groups (broad SMARTS) is 1. The monoisotopic (exact) mass is 208 g/mol. The standard InChI is InChI=1S/C9H8N2O4/c1-5(9(12)13)7-10-11-8(15-7)6-3-2-4-14-6/h2-5H,1H3,(H,12,13). The second kappa shape index (κ2) is 3.56. The normalized spacial score (nSPS) is 12.6. The molecule has 0 spiro atoms. The maximum absolute atomic E-state index is 10.6. The lowest BCUT2D eigenvalue weighted by Crippen LogP contribution is -2.07. The van der Waals surface area contributed by atoms with Gasteiger partial charge in [-0.15, -0.1) is 10.2 Å². The minimum atomic E-state index is -1.01. The molecule has 0 aliphatic heterocycles. The molecule has 0 saturated carbocycles. The Bertz CT molecular complexity index is 460. The van der Waals surface area contributed by atoms with Crippen LogP contribution in [0.25, 0.3) is 11.7 Å². The van der Waals surface area contributed by atoms with Gasteiger partial charge in [0.25, 0.3) is 5.89 Å². The maximum Gasteiger partial charge on any atom is 0.315 e. The van der Waals surface area contributed by atoms with Crippen LogP contribution in [-0.4, -0.2) is 21.3 Å². The van der Waals surface area contributed by atoms with Gasteiger partial charge in [-0.3, -0.25) is 4.79 Å². The zero-order chi connectivity index (χ0) is 10.8. The van der Waals surface area contributed by atoms with E-state index in [-0.39, 0.29) is 11.8 Å². The Kier molecular flexibility index (Phi) is 2.24. The molecule has 0 aliphatic carbocycles. The third kappa shape index (κ3) is 1.74. The summed E-state index contributed by atoms with van der Waals surface area (Å²) in [6, 6.07) is 3.34. The fourth-order valence-corrected chi connectivity index (χ4v) is 1.02. The lowest BCUT2D eigenvalue weighted by molar-refractivity contribution is -0.138. The highest BCUT2D eigenvalue weighted by molar-refractivity contribution is 5.74. The first-order chi connectivity index (χ1) is 7.18. The Morgan fingerprint density at radius 1 is 1.53 bits per heavy atom. The van der Waals surface area contributed by atoms with E-state index in [1.165, 1.54) is 13.2 Å². The zero-order valence-corrected chi connectivity index (χ0v) is 7.88. The van der Waals surface area contributed by atoms with Crippen LogP contribution in [0.15, 0.2) is 27.2 Å². The van der Waals surface area contributed by atoms with Crippen molar-refractivity contribution in [3.05, 3.63) is 24.3 Å². The number of hydrogen-bond donors (Lipinski definition) is 1. The molecular formula is C9H8N2O4. The topological polar surface area (TPSA) is 89.4 Å². The van der Waals surface area contributed by atoms with Crippen LogP contribution in [0.3, 0.4) is 0 Å². The average Bonchev–Trinajstić information content (AvgIpc) is 2.86. The molecule has 2 aromatic heterocycles. The van der Waals surface area contributed by atoms with Crippen LogP contribution in [0.5, 0.6) is 0 Å². The van der Waals surface area contributed by atoms with Crippen molar-refractivity contribution in [2.24, 2.45) is 0 Å². The maximum atomic E-state index is 10.6. The zero-order valence-electron chi connectivity index (χ0n) is 7.88. The molecule has 15 heavy (non-hydrogen) atoms. The summed E-state index contributed by atoms with van der Waals surface area (Å²) in [5.41, 5.74) is 0. The van der Waals surface area contributed by atoms with Crippen molar-refractivity contribution in [3.8, 4) is 11.7 Å². The van der Waals surface area contributed by atoms with Crippen LogP contribution < -0.4 is 0 Å². The summed E-state index contributed by atoms with van der Waals surface area (Å²) >= 11 is 0. The van der Waals surface area contributed by atoms with Crippen molar-refractivity contribution in [2.75, 3.05) is 0 Å². The number of aliphatic carboxylic acids is 1. The van der Waals surface area contributed by atoms with E-state index in [9.17, 15) is 4.79 Å². The van der Waals surface area contributed by atoms with E-state index < -0.39 is 11.9 Å². The van der Waals surface area contributed by atoms with Gasteiger partial charge in [0, 0.05) is 0 Å². The minimum Gasteiger partial charge on any atom is -0.481 e. The molecule has 2 heterocycles. The predicted octanol–water partition coefficient (Wildman–Crippen LogP) is 1.52. The number of nitrogens with zero attached hydrogens (tertiary/aromatic N) is 2. The lowest BCUT2D eigenvalue weighted by Gasteiger charge is -1.96. The fourth-order valence-electron chi connectivity index (χ4n) is 1.02. The highest BCUT2D eigenvalue weighted by atomic mass is 16.4. The third-order valence-corrected chi connectivity index (χ3v) is 1.91. The quantitative estimate of drug-likeness (QED) is 0.822. The molecule has 1 atom stereocenters. The molecule has 0 amide bonds. The van der Waals surface area contributed by atoms with Crippen LogP contribution in [0, 0.1) is 0 Å². The Balaban J connectivity index is 2.28. The average molecular weight is 208 g/mol. The molecule has 0 radical (unpaired) electrons. The lowest BCUT2D eigenvalue weighted by atomic mass is 10.2. The molecule has 6 heteroatoms. The number of furan rings is 1. The first-order valence-electron chi connectivity index (χ1n) is 4.28. The summed E-state index contributed by atoms with van der Waals surface area (Å²) in [6.07, 6.45) is 1.47. The fraction of sp³-hybridized carbons (Fsp3) is 0.222. The van der Waals surface area contributed by atoms with Gasteiger partial charge in [0.2, 0.25) is 5.89 Å². The first kappa shape index (κ1) is 9.45. The van der Waals surface area contributed by atoms with Gasteiger partial charge >= 0.3 is 5.97 Å². The number of carboxylic acids is 1. The number of rotatable bonds is 3. The van der Waals surface area contributed by atoms with Gasteiger partial charge in [-0.2, -0.15) is 0 Å². The Hall–Kier alpha value is -2.11. The SMILES string of the molecule is CC(C(=O)O)c1nnc(-c2ccco2)o1. The Labute approximate surface area is 84.5 Å². The first-order valence-corrected chi connectivity index (χ1v) is 4.28. The van der Waals surface area contributed by atoms with E-state index in [1.54, 1.807) is 12.1 Å². The second-order valence-corrected chi connectivity index (χ2v) is 2.98. The van der Waals surface area contributed by atoms with E-state index in [2.05, 4.69) is 10.2 Å². The van der Waals surface area contributed by atoms with Crippen molar-refractivity contribution >= 4 is 5.97 Å². The summed E-state index contributed by atoms with van der Waals surface area (Å²) in [7, 11) is 0. The van der Waals surface area contributed by atoms with Crippen LogP contribution >= 0.6 is 0 Å². The minimum absolute atomic E-state index is 0.0638. The van der Waals surface area contributed by atoms with Gasteiger partial charge in [0.05, 0.1) is 6.26 Å². The van der Waals surface area contributed by atoms with Gasteiger partial charge < -0.3 is 13.9 Å². The highest BCUT2D eigenvalue weighted by Gasteiger charge is 2.21. The van der Waals surface area contributed by atoms with Gasteiger partial charge in [-0.05, 0) is 19.1 Å². The van der Waals surface area contributed by atoms with Crippen molar-refractivity contribution in [1.82, 2.24) is 10.2 Å². The molecule has 6 nitrogen and oxygen atoms in total. The summed E-state index contributed by atoms with van der Waals surface area (Å²) < 4.78 is 10.2. The Morgan fingerprint density at radius 2 is 2.33 bits per heavy atom. The number of carbonyl (C=O) groups is 1. The second-order valence-electron chi connectivity index (χ2n) is 2.98. The van der Waals surface area contributed by atoms with Gasteiger partial charge in [0.15, 0.2) is 5.76 Å². The number of aromatic nitrogens is 2. The van der Waals surface area contributed by atoms with E-state index in [0.717, 1.165) is 0 Å². The van der Waals surface area contributed by atoms with Gasteiger partial charge in [-0.1, -0.05) is 0 Å². The molecule has 2 rings (SSSR count).